The van der Waals surface area contributed by atoms with Crippen molar-refractivity contribution in [2.75, 3.05) is 18.6 Å². The second-order valence-electron chi connectivity index (χ2n) is 6.92. The first-order valence-corrected chi connectivity index (χ1v) is 9.46. The molecule has 4 rings (SSSR count). The monoisotopic (exact) mass is 390 g/mol. The Morgan fingerprint density at radius 1 is 1.21 bits per heavy atom. The molecule has 0 aliphatic heterocycles. The molecule has 0 aliphatic rings. The quantitative estimate of drug-likeness (QED) is 0.567. The lowest BCUT2D eigenvalue weighted by molar-refractivity contribution is -0.119. The Kier molecular flexibility index (Phi) is 4.80. The Labute approximate surface area is 167 Å². The molecular formula is C22H22N4O3. The zero-order valence-electron chi connectivity index (χ0n) is 16.6. The summed E-state index contributed by atoms with van der Waals surface area (Å²) in [5.74, 6) is 0.352. The number of nitrogens with one attached hydrogen (secondary N) is 1. The maximum Gasteiger partial charge on any atom is 0.291 e. The Morgan fingerprint density at radius 3 is 2.79 bits per heavy atom. The van der Waals surface area contributed by atoms with E-state index in [0.717, 1.165) is 21.9 Å². The number of anilines is 1. The van der Waals surface area contributed by atoms with Crippen LogP contribution in [0.1, 0.15) is 12.5 Å². The molecule has 0 radical (unpaired) electrons. The Balaban J connectivity index is 1.67. The Bertz CT molecular complexity index is 1270. The number of carbonyl (C=O) groups excluding carboxylic acids is 1. The van der Waals surface area contributed by atoms with Crippen LogP contribution in [0.5, 0.6) is 5.75 Å². The highest BCUT2D eigenvalue weighted by atomic mass is 16.5. The van der Waals surface area contributed by atoms with Crippen molar-refractivity contribution in [1.29, 1.82) is 0 Å². The lowest BCUT2D eigenvalue weighted by Gasteiger charge is -2.20. The summed E-state index contributed by atoms with van der Waals surface area (Å²) in [5.41, 5.74) is 2.75. The van der Waals surface area contributed by atoms with E-state index in [1.165, 1.54) is 9.58 Å². The van der Waals surface area contributed by atoms with Crippen molar-refractivity contribution in [3.63, 3.8) is 0 Å². The summed E-state index contributed by atoms with van der Waals surface area (Å²) >= 11 is 0. The van der Waals surface area contributed by atoms with Crippen LogP contribution in [-0.4, -0.2) is 34.3 Å². The molecule has 7 heteroatoms. The van der Waals surface area contributed by atoms with Gasteiger partial charge in [0.2, 0.25) is 5.91 Å². The topological polar surface area (TPSA) is 80.2 Å². The molecule has 0 unspecified atom stereocenters. The van der Waals surface area contributed by atoms with E-state index in [2.05, 4.69) is 10.1 Å². The van der Waals surface area contributed by atoms with Crippen LogP contribution in [0.15, 0.2) is 53.5 Å². The summed E-state index contributed by atoms with van der Waals surface area (Å²) < 4.78 is 6.79. The van der Waals surface area contributed by atoms with Gasteiger partial charge in [0.25, 0.3) is 5.56 Å². The molecule has 0 saturated carbocycles. The molecule has 0 atom stereocenters. The predicted molar refractivity (Wildman–Crippen MR) is 114 cm³/mol. The number of aromatic amines is 1. The van der Waals surface area contributed by atoms with E-state index in [9.17, 15) is 9.59 Å². The highest BCUT2D eigenvalue weighted by Gasteiger charge is 2.18. The summed E-state index contributed by atoms with van der Waals surface area (Å²) in [7, 11) is 1.66. The average molecular weight is 390 g/mol. The van der Waals surface area contributed by atoms with E-state index < -0.39 is 0 Å². The van der Waals surface area contributed by atoms with Crippen molar-refractivity contribution >= 4 is 33.4 Å². The molecule has 1 N–H and O–H groups in total. The standard InChI is InChI=1S/C22H22N4O3/c1-4-29-19-8-6-5-7-18(19)25(3)20(27)13-26-22(28)21-16(12-23-26)15-11-14(2)9-10-17(15)24-21/h5-12,24H,4,13H2,1-3H3. The van der Waals surface area contributed by atoms with Crippen LogP contribution in [0, 0.1) is 6.92 Å². The van der Waals surface area contributed by atoms with Gasteiger partial charge < -0.3 is 14.6 Å². The van der Waals surface area contributed by atoms with E-state index in [0.29, 0.717) is 23.6 Å². The number of aryl methyl sites for hydroxylation is 1. The zero-order valence-corrected chi connectivity index (χ0v) is 16.6. The molecule has 0 bridgehead atoms. The van der Waals surface area contributed by atoms with Crippen LogP contribution in [0.2, 0.25) is 0 Å². The molecule has 4 aromatic rings. The molecule has 0 aliphatic carbocycles. The highest BCUT2D eigenvalue weighted by Crippen LogP contribution is 2.27. The number of para-hydroxylation sites is 2. The molecular weight excluding hydrogens is 368 g/mol. The minimum absolute atomic E-state index is 0.167. The Morgan fingerprint density at radius 2 is 2.00 bits per heavy atom. The minimum atomic E-state index is -0.323. The fraction of sp³-hybridized carbons (Fsp3) is 0.227. The normalized spacial score (nSPS) is 11.1. The fourth-order valence-electron chi connectivity index (χ4n) is 3.43. The number of likely N-dealkylation sites (N-methyl/N-ethyl adjacent to an activating group) is 1. The molecule has 2 aromatic carbocycles. The van der Waals surface area contributed by atoms with E-state index in [1.54, 1.807) is 13.2 Å². The van der Waals surface area contributed by atoms with Gasteiger partial charge in [0.15, 0.2) is 0 Å². The summed E-state index contributed by atoms with van der Waals surface area (Å²) in [5, 5.41) is 5.95. The molecule has 2 aromatic heterocycles. The molecule has 29 heavy (non-hydrogen) atoms. The average Bonchev–Trinajstić information content (AvgIpc) is 3.09. The Hall–Kier alpha value is -3.61. The van der Waals surface area contributed by atoms with E-state index >= 15 is 0 Å². The smallest absolute Gasteiger partial charge is 0.291 e. The molecule has 2 heterocycles. The number of rotatable bonds is 5. The van der Waals surface area contributed by atoms with Gasteiger partial charge in [0, 0.05) is 23.3 Å². The number of fused-ring (bicyclic) bond motifs is 3. The third-order valence-electron chi connectivity index (χ3n) is 4.95. The van der Waals surface area contributed by atoms with Crippen molar-refractivity contribution in [3.05, 3.63) is 64.6 Å². The highest BCUT2D eigenvalue weighted by molar-refractivity contribution is 6.06. The van der Waals surface area contributed by atoms with Gasteiger partial charge in [-0.15, -0.1) is 0 Å². The first-order chi connectivity index (χ1) is 14.0. The van der Waals surface area contributed by atoms with Gasteiger partial charge in [-0.1, -0.05) is 23.8 Å². The third-order valence-corrected chi connectivity index (χ3v) is 4.95. The van der Waals surface area contributed by atoms with Crippen molar-refractivity contribution < 1.29 is 9.53 Å². The molecule has 1 amide bonds. The van der Waals surface area contributed by atoms with Gasteiger partial charge in [-0.2, -0.15) is 5.10 Å². The lowest BCUT2D eigenvalue weighted by Crippen LogP contribution is -2.35. The molecule has 0 fully saturated rings. The van der Waals surface area contributed by atoms with Gasteiger partial charge >= 0.3 is 0 Å². The summed E-state index contributed by atoms with van der Waals surface area (Å²) in [6.45, 7) is 4.22. The molecule has 0 spiro atoms. The van der Waals surface area contributed by atoms with Crippen LogP contribution in [-0.2, 0) is 11.3 Å². The van der Waals surface area contributed by atoms with Crippen LogP contribution >= 0.6 is 0 Å². The van der Waals surface area contributed by atoms with E-state index in [1.807, 2.05) is 56.3 Å². The lowest BCUT2D eigenvalue weighted by atomic mass is 10.1. The third kappa shape index (κ3) is 3.35. The summed E-state index contributed by atoms with van der Waals surface area (Å²) in [6.07, 6.45) is 1.64. The SMILES string of the molecule is CCOc1ccccc1N(C)C(=O)Cn1ncc2c([nH]c3ccc(C)cc32)c1=O. The minimum Gasteiger partial charge on any atom is -0.492 e. The number of nitrogens with zero attached hydrogens (tertiary/aromatic N) is 3. The number of aromatic nitrogens is 3. The summed E-state index contributed by atoms with van der Waals surface area (Å²) in [4.78, 5) is 30.4. The first kappa shape index (κ1) is 18.7. The van der Waals surface area contributed by atoms with Crippen molar-refractivity contribution in [1.82, 2.24) is 14.8 Å². The maximum atomic E-state index is 12.9. The predicted octanol–water partition coefficient (Wildman–Crippen LogP) is 3.25. The second-order valence-corrected chi connectivity index (χ2v) is 6.92. The van der Waals surface area contributed by atoms with Gasteiger partial charge in [0.05, 0.1) is 18.5 Å². The van der Waals surface area contributed by atoms with E-state index in [4.69, 9.17) is 4.74 Å². The number of hydrogen-bond donors (Lipinski definition) is 1. The number of carbonyl (C=O) groups is 1. The number of hydrogen-bond acceptors (Lipinski definition) is 4. The van der Waals surface area contributed by atoms with Crippen molar-refractivity contribution in [2.45, 2.75) is 20.4 Å². The number of ether oxygens (including phenoxy) is 1. The largest absolute Gasteiger partial charge is 0.492 e. The van der Waals surface area contributed by atoms with Gasteiger partial charge in [-0.3, -0.25) is 9.59 Å². The molecule has 7 nitrogen and oxygen atoms in total. The number of amides is 1. The second kappa shape index (κ2) is 7.43. The maximum absolute atomic E-state index is 12.9. The number of H-pyrrole nitrogens is 1. The van der Waals surface area contributed by atoms with Crippen LogP contribution in [0.4, 0.5) is 5.69 Å². The number of benzene rings is 2. The van der Waals surface area contributed by atoms with E-state index in [-0.39, 0.29) is 18.0 Å². The molecule has 148 valence electrons. The summed E-state index contributed by atoms with van der Waals surface area (Å²) in [6, 6.07) is 13.3. The van der Waals surface area contributed by atoms with Gasteiger partial charge in [0.1, 0.15) is 17.8 Å². The van der Waals surface area contributed by atoms with Crippen LogP contribution < -0.4 is 15.2 Å². The van der Waals surface area contributed by atoms with Crippen LogP contribution in [0.3, 0.4) is 0 Å². The van der Waals surface area contributed by atoms with Gasteiger partial charge in [-0.05, 0) is 38.1 Å². The van der Waals surface area contributed by atoms with Crippen molar-refractivity contribution in [2.24, 2.45) is 0 Å². The van der Waals surface area contributed by atoms with Crippen LogP contribution in [0.25, 0.3) is 21.8 Å². The van der Waals surface area contributed by atoms with Crippen molar-refractivity contribution in [3.8, 4) is 5.75 Å². The zero-order chi connectivity index (χ0) is 20.5. The first-order valence-electron chi connectivity index (χ1n) is 9.46. The fourth-order valence-corrected chi connectivity index (χ4v) is 3.43. The van der Waals surface area contributed by atoms with Gasteiger partial charge in [-0.25, -0.2) is 4.68 Å². The molecule has 0 saturated heterocycles.